The molecule has 1 saturated heterocycles. The molecule has 1 heterocycles. The first kappa shape index (κ1) is 19.5. The van der Waals surface area contributed by atoms with Gasteiger partial charge in [-0.15, -0.1) is 0 Å². The van der Waals surface area contributed by atoms with Gasteiger partial charge in [0.15, 0.2) is 6.61 Å². The molecule has 1 amide bonds. The molecule has 0 radical (unpaired) electrons. The highest BCUT2D eigenvalue weighted by Gasteiger charge is 2.23. The van der Waals surface area contributed by atoms with Crippen molar-refractivity contribution in [2.45, 2.75) is 6.92 Å². The van der Waals surface area contributed by atoms with Crippen LogP contribution >= 0.6 is 0 Å². The second kappa shape index (κ2) is 8.65. The zero-order valence-electron chi connectivity index (χ0n) is 16.2. The van der Waals surface area contributed by atoms with E-state index in [9.17, 15) is 9.59 Å². The lowest BCUT2D eigenvalue weighted by Gasteiger charge is -2.36. The largest absolute Gasteiger partial charge is 0.495 e. The van der Waals surface area contributed by atoms with Gasteiger partial charge < -0.3 is 25.0 Å². The first-order valence-electron chi connectivity index (χ1n) is 9.18. The Kier molecular flexibility index (Phi) is 6.03. The van der Waals surface area contributed by atoms with Crippen LogP contribution in [0.15, 0.2) is 42.5 Å². The quantitative estimate of drug-likeness (QED) is 0.629. The van der Waals surface area contributed by atoms with E-state index < -0.39 is 5.97 Å². The van der Waals surface area contributed by atoms with Gasteiger partial charge in [0.25, 0.3) is 5.91 Å². The van der Waals surface area contributed by atoms with E-state index in [1.54, 1.807) is 30.2 Å². The van der Waals surface area contributed by atoms with Crippen LogP contribution < -0.4 is 15.4 Å². The van der Waals surface area contributed by atoms with E-state index in [2.05, 4.69) is 4.90 Å². The van der Waals surface area contributed by atoms with E-state index in [1.165, 1.54) is 0 Å². The normalized spacial score (nSPS) is 13.9. The summed E-state index contributed by atoms with van der Waals surface area (Å²) in [6.07, 6.45) is 0. The third kappa shape index (κ3) is 4.36. The molecule has 0 spiro atoms. The smallest absolute Gasteiger partial charge is 0.338 e. The standard InChI is InChI=1S/C21H25N3O4/c1-15-7-8-16(13-17(15)22)21(26)28-14-20(25)24-11-9-23(10-12-24)18-5-3-4-6-19(18)27-2/h3-8,13H,9-12,14,22H2,1-2H3. The molecule has 0 aromatic heterocycles. The van der Waals surface area contributed by atoms with Gasteiger partial charge in [-0.05, 0) is 36.8 Å². The number of methoxy groups -OCH3 is 1. The summed E-state index contributed by atoms with van der Waals surface area (Å²) in [4.78, 5) is 28.4. The van der Waals surface area contributed by atoms with Gasteiger partial charge in [0.2, 0.25) is 0 Å². The van der Waals surface area contributed by atoms with E-state index in [1.807, 2.05) is 31.2 Å². The number of carbonyl (C=O) groups excluding carboxylic acids is 2. The van der Waals surface area contributed by atoms with Crippen molar-refractivity contribution in [1.29, 1.82) is 0 Å². The van der Waals surface area contributed by atoms with E-state index in [-0.39, 0.29) is 12.5 Å². The number of piperazine rings is 1. The minimum Gasteiger partial charge on any atom is -0.495 e. The predicted octanol–water partition coefficient (Wildman–Crippen LogP) is 2.09. The second-order valence-corrected chi connectivity index (χ2v) is 6.69. The number of nitrogens with two attached hydrogens (primary N) is 1. The Hall–Kier alpha value is -3.22. The fraction of sp³-hybridized carbons (Fsp3) is 0.333. The molecule has 148 valence electrons. The van der Waals surface area contributed by atoms with E-state index >= 15 is 0 Å². The lowest BCUT2D eigenvalue weighted by atomic mass is 10.1. The Morgan fingerprint density at radius 3 is 2.46 bits per heavy atom. The Bertz CT molecular complexity index is 860. The highest BCUT2D eigenvalue weighted by atomic mass is 16.5. The number of aryl methyl sites for hydroxylation is 1. The molecular formula is C21H25N3O4. The van der Waals surface area contributed by atoms with Gasteiger partial charge >= 0.3 is 5.97 Å². The van der Waals surface area contributed by atoms with Crippen molar-refractivity contribution < 1.29 is 19.1 Å². The van der Waals surface area contributed by atoms with Crippen molar-refractivity contribution in [2.75, 3.05) is 50.5 Å². The summed E-state index contributed by atoms with van der Waals surface area (Å²) in [5.74, 6) is 0.0643. The number of benzene rings is 2. The number of esters is 1. The average Bonchev–Trinajstić information content (AvgIpc) is 2.73. The maximum atomic E-state index is 12.4. The van der Waals surface area contributed by atoms with Crippen molar-refractivity contribution in [1.82, 2.24) is 4.90 Å². The van der Waals surface area contributed by atoms with Gasteiger partial charge in [0.1, 0.15) is 5.75 Å². The van der Waals surface area contributed by atoms with Crippen molar-refractivity contribution >= 4 is 23.3 Å². The van der Waals surface area contributed by atoms with Crippen LogP contribution in [0, 0.1) is 6.92 Å². The van der Waals surface area contributed by atoms with Crippen molar-refractivity contribution in [3.05, 3.63) is 53.6 Å². The summed E-state index contributed by atoms with van der Waals surface area (Å²) in [5, 5.41) is 0. The van der Waals surface area contributed by atoms with E-state index in [4.69, 9.17) is 15.2 Å². The molecule has 2 aromatic rings. The minimum atomic E-state index is -0.548. The molecule has 0 aliphatic carbocycles. The van der Waals surface area contributed by atoms with Crippen LogP contribution in [0.4, 0.5) is 11.4 Å². The zero-order chi connectivity index (χ0) is 20.1. The van der Waals surface area contributed by atoms with Gasteiger partial charge in [0, 0.05) is 31.9 Å². The second-order valence-electron chi connectivity index (χ2n) is 6.69. The van der Waals surface area contributed by atoms with Crippen LogP contribution in [-0.4, -0.2) is 56.7 Å². The summed E-state index contributed by atoms with van der Waals surface area (Å²) >= 11 is 0. The summed E-state index contributed by atoms with van der Waals surface area (Å²) in [7, 11) is 1.65. The van der Waals surface area contributed by atoms with Gasteiger partial charge in [-0.3, -0.25) is 4.79 Å². The number of hydrogen-bond donors (Lipinski definition) is 1. The summed E-state index contributed by atoms with van der Waals surface area (Å²) in [5.41, 5.74) is 8.59. The Balaban J connectivity index is 1.51. The molecule has 1 fully saturated rings. The monoisotopic (exact) mass is 383 g/mol. The summed E-state index contributed by atoms with van der Waals surface area (Å²) in [6, 6.07) is 12.8. The summed E-state index contributed by atoms with van der Waals surface area (Å²) in [6.45, 7) is 4.08. The fourth-order valence-corrected chi connectivity index (χ4v) is 3.16. The lowest BCUT2D eigenvalue weighted by Crippen LogP contribution is -2.50. The molecule has 3 rings (SSSR count). The van der Waals surface area contributed by atoms with Crippen LogP contribution in [-0.2, 0) is 9.53 Å². The Morgan fingerprint density at radius 1 is 1.07 bits per heavy atom. The van der Waals surface area contributed by atoms with Crippen LogP contribution in [0.5, 0.6) is 5.75 Å². The van der Waals surface area contributed by atoms with Gasteiger partial charge in [0.05, 0.1) is 18.4 Å². The number of hydrogen-bond acceptors (Lipinski definition) is 6. The lowest BCUT2D eigenvalue weighted by molar-refractivity contribution is -0.134. The number of carbonyl (C=O) groups is 2. The topological polar surface area (TPSA) is 85.1 Å². The molecular weight excluding hydrogens is 358 g/mol. The van der Waals surface area contributed by atoms with Crippen molar-refractivity contribution in [2.24, 2.45) is 0 Å². The Labute approximate surface area is 164 Å². The molecule has 1 aliphatic heterocycles. The third-order valence-electron chi connectivity index (χ3n) is 4.90. The molecule has 7 nitrogen and oxygen atoms in total. The molecule has 2 aromatic carbocycles. The average molecular weight is 383 g/mol. The van der Waals surface area contributed by atoms with Gasteiger partial charge in [-0.1, -0.05) is 18.2 Å². The molecule has 0 bridgehead atoms. The van der Waals surface area contributed by atoms with Crippen LogP contribution in [0.25, 0.3) is 0 Å². The third-order valence-corrected chi connectivity index (χ3v) is 4.90. The summed E-state index contributed by atoms with van der Waals surface area (Å²) < 4.78 is 10.6. The zero-order valence-corrected chi connectivity index (χ0v) is 16.2. The predicted molar refractivity (Wildman–Crippen MR) is 108 cm³/mol. The number of rotatable bonds is 5. The first-order chi connectivity index (χ1) is 13.5. The highest BCUT2D eigenvalue weighted by Crippen LogP contribution is 2.28. The van der Waals surface area contributed by atoms with E-state index in [0.29, 0.717) is 37.4 Å². The number of amides is 1. The molecule has 2 N–H and O–H groups in total. The number of anilines is 2. The Morgan fingerprint density at radius 2 is 1.79 bits per heavy atom. The molecule has 0 unspecified atom stereocenters. The van der Waals surface area contributed by atoms with Crippen LogP contribution in [0.2, 0.25) is 0 Å². The van der Waals surface area contributed by atoms with Gasteiger partial charge in [-0.2, -0.15) is 0 Å². The molecule has 1 aliphatic rings. The molecule has 0 saturated carbocycles. The number of ether oxygens (including phenoxy) is 2. The number of nitrogens with zero attached hydrogens (tertiary/aromatic N) is 2. The SMILES string of the molecule is COc1ccccc1N1CCN(C(=O)COC(=O)c2ccc(C)c(N)c2)CC1. The van der Waals surface area contributed by atoms with Crippen LogP contribution in [0.1, 0.15) is 15.9 Å². The van der Waals surface area contributed by atoms with Gasteiger partial charge in [-0.25, -0.2) is 4.79 Å². The fourth-order valence-electron chi connectivity index (χ4n) is 3.16. The molecule has 7 heteroatoms. The van der Waals surface area contributed by atoms with E-state index in [0.717, 1.165) is 17.0 Å². The number of para-hydroxylation sites is 2. The number of nitrogen functional groups attached to an aromatic ring is 1. The molecule has 28 heavy (non-hydrogen) atoms. The van der Waals surface area contributed by atoms with Crippen molar-refractivity contribution in [3.8, 4) is 5.75 Å². The molecule has 0 atom stereocenters. The maximum absolute atomic E-state index is 12.4. The van der Waals surface area contributed by atoms with Crippen molar-refractivity contribution in [3.63, 3.8) is 0 Å². The minimum absolute atomic E-state index is 0.201. The highest BCUT2D eigenvalue weighted by molar-refractivity contribution is 5.92. The van der Waals surface area contributed by atoms with Crippen LogP contribution in [0.3, 0.4) is 0 Å². The first-order valence-corrected chi connectivity index (χ1v) is 9.18. The maximum Gasteiger partial charge on any atom is 0.338 e.